The van der Waals surface area contributed by atoms with Crippen LogP contribution in [-0.4, -0.2) is 25.7 Å². The fourth-order valence-electron chi connectivity index (χ4n) is 2.07. The maximum atomic E-state index is 11.1. The van der Waals surface area contributed by atoms with Crippen molar-refractivity contribution in [1.29, 1.82) is 0 Å². The van der Waals surface area contributed by atoms with Gasteiger partial charge in [-0.2, -0.15) is 5.10 Å². The number of amides is 1. The quantitative estimate of drug-likeness (QED) is 0.498. The molecule has 2 heterocycles. The van der Waals surface area contributed by atoms with Crippen molar-refractivity contribution >= 4 is 40.9 Å². The summed E-state index contributed by atoms with van der Waals surface area (Å²) in [6.07, 6.45) is 3.04. The highest BCUT2D eigenvalue weighted by Crippen LogP contribution is 2.22. The molecule has 3 rings (SSSR count). The van der Waals surface area contributed by atoms with Gasteiger partial charge in [0.15, 0.2) is 11.5 Å². The zero-order valence-corrected chi connectivity index (χ0v) is 12.5. The summed E-state index contributed by atoms with van der Waals surface area (Å²) in [6.45, 7) is 1.46. The van der Waals surface area contributed by atoms with Crippen LogP contribution in [0.2, 0.25) is 0 Å². The lowest BCUT2D eigenvalue weighted by molar-refractivity contribution is -0.114. The van der Waals surface area contributed by atoms with E-state index in [9.17, 15) is 4.79 Å². The number of nitrogens with one attached hydrogen (secondary N) is 2. The summed E-state index contributed by atoms with van der Waals surface area (Å²) in [5.74, 6) is 5.79. The van der Waals surface area contributed by atoms with Gasteiger partial charge in [-0.05, 0) is 18.2 Å². The van der Waals surface area contributed by atoms with E-state index in [-0.39, 0.29) is 18.3 Å². The van der Waals surface area contributed by atoms with Crippen LogP contribution >= 0.6 is 12.4 Å². The number of hydrogen-bond acceptors (Lipinski definition) is 6. The van der Waals surface area contributed by atoms with Crippen LogP contribution in [0.5, 0.6) is 0 Å². The number of hydrogen-bond donors (Lipinski definition) is 3. The molecule has 0 radical (unpaired) electrons. The number of halogens is 1. The van der Waals surface area contributed by atoms with E-state index in [0.717, 1.165) is 5.69 Å². The molecule has 0 unspecified atom stereocenters. The first kappa shape index (κ1) is 15.7. The standard InChI is InChI=1S/C13H13N7O.ClH/c1-8(21)18-9-3-2-4-10(5-9)20-13-11(6-17-20)12(19-14)15-7-16-13;/h2-7H,14H2,1H3,(H,18,21)(H,15,16,19);1H. The molecular weight excluding hydrogens is 306 g/mol. The summed E-state index contributed by atoms with van der Waals surface area (Å²) >= 11 is 0. The van der Waals surface area contributed by atoms with E-state index in [1.54, 1.807) is 16.9 Å². The van der Waals surface area contributed by atoms with Crippen molar-refractivity contribution in [1.82, 2.24) is 19.7 Å². The van der Waals surface area contributed by atoms with Crippen LogP contribution < -0.4 is 16.6 Å². The van der Waals surface area contributed by atoms with Crippen LogP contribution in [0.25, 0.3) is 16.7 Å². The lowest BCUT2D eigenvalue weighted by Gasteiger charge is -2.07. The first-order chi connectivity index (χ1) is 10.2. The van der Waals surface area contributed by atoms with E-state index < -0.39 is 0 Å². The predicted molar refractivity (Wildman–Crippen MR) is 86.0 cm³/mol. The topological polar surface area (TPSA) is 111 Å². The summed E-state index contributed by atoms with van der Waals surface area (Å²) in [4.78, 5) is 19.4. The van der Waals surface area contributed by atoms with Crippen LogP contribution in [0.4, 0.5) is 11.5 Å². The van der Waals surface area contributed by atoms with E-state index in [1.165, 1.54) is 13.3 Å². The zero-order valence-electron chi connectivity index (χ0n) is 11.6. The number of fused-ring (bicyclic) bond motifs is 1. The molecule has 0 fully saturated rings. The van der Waals surface area contributed by atoms with Crippen molar-refractivity contribution in [3.8, 4) is 5.69 Å². The molecule has 1 amide bonds. The van der Waals surface area contributed by atoms with Crippen molar-refractivity contribution in [3.63, 3.8) is 0 Å². The average molecular weight is 320 g/mol. The number of carbonyl (C=O) groups excluding carboxylic acids is 1. The van der Waals surface area contributed by atoms with Gasteiger partial charge < -0.3 is 10.7 Å². The number of rotatable bonds is 3. The molecule has 0 saturated heterocycles. The number of nitrogens with two attached hydrogens (primary N) is 1. The number of benzene rings is 1. The van der Waals surface area contributed by atoms with Gasteiger partial charge in [-0.1, -0.05) is 6.07 Å². The van der Waals surface area contributed by atoms with Gasteiger partial charge in [0.2, 0.25) is 5.91 Å². The van der Waals surface area contributed by atoms with E-state index in [0.29, 0.717) is 22.5 Å². The Morgan fingerprint density at radius 1 is 1.32 bits per heavy atom. The normalized spacial score (nSPS) is 10.1. The third-order valence-corrected chi connectivity index (χ3v) is 2.91. The Bertz CT molecular complexity index is 817. The zero-order chi connectivity index (χ0) is 14.8. The summed E-state index contributed by atoms with van der Waals surface area (Å²) in [7, 11) is 0. The Morgan fingerprint density at radius 3 is 2.86 bits per heavy atom. The Hall–Kier alpha value is -2.71. The number of hydrazine groups is 1. The lowest BCUT2D eigenvalue weighted by atomic mass is 10.2. The van der Waals surface area contributed by atoms with Gasteiger partial charge in [-0.15, -0.1) is 12.4 Å². The lowest BCUT2D eigenvalue weighted by Crippen LogP contribution is -2.09. The van der Waals surface area contributed by atoms with Crippen molar-refractivity contribution in [3.05, 3.63) is 36.8 Å². The number of aromatic nitrogens is 4. The maximum Gasteiger partial charge on any atom is 0.221 e. The van der Waals surface area contributed by atoms with Crippen LogP contribution in [0.1, 0.15) is 6.92 Å². The largest absolute Gasteiger partial charge is 0.326 e. The van der Waals surface area contributed by atoms with Gasteiger partial charge in [0, 0.05) is 12.6 Å². The average Bonchev–Trinajstić information content (AvgIpc) is 2.90. The summed E-state index contributed by atoms with van der Waals surface area (Å²) in [6, 6.07) is 7.32. The van der Waals surface area contributed by atoms with Gasteiger partial charge in [0.05, 0.1) is 17.3 Å². The van der Waals surface area contributed by atoms with Crippen LogP contribution in [-0.2, 0) is 4.79 Å². The molecule has 114 valence electrons. The second-order valence-corrected chi connectivity index (χ2v) is 4.39. The van der Waals surface area contributed by atoms with Gasteiger partial charge in [-0.3, -0.25) is 4.79 Å². The molecule has 0 aliphatic carbocycles. The van der Waals surface area contributed by atoms with E-state index in [1.807, 2.05) is 18.2 Å². The number of nitrogen functional groups attached to an aromatic ring is 1. The minimum Gasteiger partial charge on any atom is -0.326 e. The Morgan fingerprint density at radius 2 is 2.14 bits per heavy atom. The van der Waals surface area contributed by atoms with Crippen LogP contribution in [0, 0.1) is 0 Å². The highest BCUT2D eigenvalue weighted by Gasteiger charge is 2.10. The van der Waals surface area contributed by atoms with Crippen molar-refractivity contribution in [2.75, 3.05) is 10.7 Å². The number of carbonyl (C=O) groups is 1. The molecule has 22 heavy (non-hydrogen) atoms. The molecule has 8 nitrogen and oxygen atoms in total. The minimum absolute atomic E-state index is 0. The third-order valence-electron chi connectivity index (χ3n) is 2.91. The van der Waals surface area contributed by atoms with Gasteiger partial charge in [0.25, 0.3) is 0 Å². The summed E-state index contributed by atoms with van der Waals surface area (Å²) < 4.78 is 1.66. The SMILES string of the molecule is CC(=O)Nc1cccc(-n2ncc3c(NN)ncnc32)c1.Cl. The molecule has 0 atom stereocenters. The Balaban J connectivity index is 0.00000176. The molecule has 0 saturated carbocycles. The monoisotopic (exact) mass is 319 g/mol. The van der Waals surface area contributed by atoms with Gasteiger partial charge >= 0.3 is 0 Å². The minimum atomic E-state index is -0.130. The van der Waals surface area contributed by atoms with E-state index in [4.69, 9.17) is 5.84 Å². The number of anilines is 2. The van der Waals surface area contributed by atoms with E-state index >= 15 is 0 Å². The highest BCUT2D eigenvalue weighted by molar-refractivity contribution is 5.89. The highest BCUT2D eigenvalue weighted by atomic mass is 35.5. The molecule has 0 aliphatic heterocycles. The first-order valence-corrected chi connectivity index (χ1v) is 6.22. The molecule has 2 aromatic heterocycles. The molecule has 0 aliphatic rings. The smallest absolute Gasteiger partial charge is 0.221 e. The first-order valence-electron chi connectivity index (χ1n) is 6.22. The Kier molecular flexibility index (Phi) is 4.54. The summed E-state index contributed by atoms with van der Waals surface area (Å²) in [5, 5.41) is 7.75. The maximum absolute atomic E-state index is 11.1. The Labute approximate surface area is 132 Å². The van der Waals surface area contributed by atoms with Gasteiger partial charge in [0.1, 0.15) is 6.33 Å². The van der Waals surface area contributed by atoms with Crippen molar-refractivity contribution in [2.24, 2.45) is 5.84 Å². The summed E-state index contributed by atoms with van der Waals surface area (Å²) in [5.41, 5.74) is 4.60. The molecule has 1 aromatic carbocycles. The van der Waals surface area contributed by atoms with Crippen LogP contribution in [0.15, 0.2) is 36.8 Å². The molecule has 0 bridgehead atoms. The number of nitrogens with zero attached hydrogens (tertiary/aromatic N) is 4. The van der Waals surface area contributed by atoms with E-state index in [2.05, 4.69) is 25.8 Å². The fraction of sp³-hybridized carbons (Fsp3) is 0.0769. The molecule has 3 aromatic rings. The third kappa shape index (κ3) is 2.83. The second kappa shape index (κ2) is 6.37. The molecule has 0 spiro atoms. The van der Waals surface area contributed by atoms with Crippen molar-refractivity contribution in [2.45, 2.75) is 6.92 Å². The molecular formula is C13H14ClN7O. The molecule has 9 heteroatoms. The van der Waals surface area contributed by atoms with Crippen LogP contribution in [0.3, 0.4) is 0 Å². The van der Waals surface area contributed by atoms with Gasteiger partial charge in [-0.25, -0.2) is 20.5 Å². The fourth-order valence-corrected chi connectivity index (χ4v) is 2.07. The second-order valence-electron chi connectivity index (χ2n) is 4.39. The van der Waals surface area contributed by atoms with Crippen molar-refractivity contribution < 1.29 is 4.79 Å². The predicted octanol–water partition coefficient (Wildman–Crippen LogP) is 1.48. The molecule has 4 N–H and O–H groups in total.